The number of likely N-dealkylation sites (tertiary alicyclic amines) is 1. The molecule has 3 heterocycles. The summed E-state index contributed by atoms with van der Waals surface area (Å²) in [4.78, 5) is 17.6. The molecule has 2 fully saturated rings. The number of ether oxygens (including phenoxy) is 1. The van der Waals surface area contributed by atoms with Crippen LogP contribution >= 0.6 is 11.9 Å². The molecule has 3 N–H and O–H groups in total. The largest absolute Gasteiger partial charge is 0.496 e. The van der Waals surface area contributed by atoms with E-state index in [1.807, 2.05) is 31.3 Å². The summed E-state index contributed by atoms with van der Waals surface area (Å²) in [5.41, 5.74) is 6.19. The van der Waals surface area contributed by atoms with Gasteiger partial charge in [-0.25, -0.2) is 9.10 Å². The number of hydrogen-bond donors (Lipinski definition) is 3. The SMILES string of the molecule is CNc1cc(C(=O)O)ccc1C1CC2(CCN1Cc1c(OC)cc(C)c3[nH]ccc13)CN(SC)C2. The molecule has 2 aliphatic heterocycles. The molecular weight excluding hydrogens is 460 g/mol. The molecular formula is C27H34N4O3S. The summed E-state index contributed by atoms with van der Waals surface area (Å²) in [5.74, 6) is 0.0137. The second-order valence-corrected chi connectivity index (χ2v) is 10.8. The average Bonchev–Trinajstić information content (AvgIpc) is 3.34. The summed E-state index contributed by atoms with van der Waals surface area (Å²) < 4.78 is 8.28. The minimum atomic E-state index is -0.904. The number of methoxy groups -OCH3 is 1. The minimum Gasteiger partial charge on any atom is -0.496 e. The Hall–Kier alpha value is -2.68. The monoisotopic (exact) mass is 494 g/mol. The maximum Gasteiger partial charge on any atom is 0.335 e. The number of hydrogen-bond acceptors (Lipinski definition) is 6. The molecule has 7 nitrogen and oxygen atoms in total. The van der Waals surface area contributed by atoms with Gasteiger partial charge >= 0.3 is 5.97 Å². The van der Waals surface area contributed by atoms with Crippen LogP contribution in [0.1, 0.15) is 45.9 Å². The van der Waals surface area contributed by atoms with Gasteiger partial charge in [0.25, 0.3) is 0 Å². The number of piperidine rings is 1. The lowest BCUT2D eigenvalue weighted by atomic mass is 9.69. The molecule has 1 aromatic heterocycles. The van der Waals surface area contributed by atoms with E-state index >= 15 is 0 Å². The third kappa shape index (κ3) is 4.28. The molecule has 1 atom stereocenters. The number of nitrogens with zero attached hydrogens (tertiary/aromatic N) is 2. The predicted octanol–water partition coefficient (Wildman–Crippen LogP) is 5.14. The lowest BCUT2D eigenvalue weighted by molar-refractivity contribution is -0.0286. The Morgan fingerprint density at radius 1 is 1.31 bits per heavy atom. The van der Waals surface area contributed by atoms with Crippen LogP contribution in [-0.2, 0) is 6.54 Å². The standard InChI is InChI=1S/C27H34N4O3S/c1-17-11-24(34-3)21(19-7-9-29-25(17)19)14-30-10-8-27(15-31(16-27)35-4)13-23(30)20-6-5-18(26(32)33)12-22(20)28-2/h5-7,9,11-12,23,28-29H,8,10,13-16H2,1-4H3,(H,32,33). The van der Waals surface area contributed by atoms with E-state index in [1.165, 1.54) is 16.5 Å². The first kappa shape index (κ1) is 24.0. The number of aromatic amines is 1. The summed E-state index contributed by atoms with van der Waals surface area (Å²) in [6.07, 6.45) is 6.36. The van der Waals surface area contributed by atoms with Crippen molar-refractivity contribution >= 4 is 34.5 Å². The van der Waals surface area contributed by atoms with E-state index < -0.39 is 5.97 Å². The smallest absolute Gasteiger partial charge is 0.335 e. The van der Waals surface area contributed by atoms with E-state index in [0.29, 0.717) is 11.0 Å². The van der Waals surface area contributed by atoms with Gasteiger partial charge in [0.15, 0.2) is 0 Å². The van der Waals surface area contributed by atoms with Gasteiger partial charge < -0.3 is 20.1 Å². The van der Waals surface area contributed by atoms with Gasteiger partial charge in [-0.1, -0.05) is 18.0 Å². The number of aromatic carboxylic acids is 1. The molecule has 3 aromatic rings. The van der Waals surface area contributed by atoms with Gasteiger partial charge in [-0.15, -0.1) is 0 Å². The number of aryl methyl sites for hydroxylation is 1. The van der Waals surface area contributed by atoms with E-state index in [9.17, 15) is 9.90 Å². The molecule has 0 amide bonds. The number of nitrogens with one attached hydrogen (secondary N) is 2. The van der Waals surface area contributed by atoms with E-state index in [1.54, 1.807) is 19.2 Å². The molecule has 1 unspecified atom stereocenters. The molecule has 0 aliphatic carbocycles. The zero-order chi connectivity index (χ0) is 24.7. The number of carbonyl (C=O) groups is 1. The fraction of sp³-hybridized carbons (Fsp3) is 0.444. The van der Waals surface area contributed by atoms with Crippen LogP contribution in [-0.4, -0.2) is 65.3 Å². The molecule has 2 aromatic carbocycles. The predicted molar refractivity (Wildman–Crippen MR) is 142 cm³/mol. The first-order valence-electron chi connectivity index (χ1n) is 12.1. The quantitative estimate of drug-likeness (QED) is 0.392. The molecule has 186 valence electrons. The number of carboxylic acid groups (broad SMARTS) is 1. The lowest BCUT2D eigenvalue weighted by Crippen LogP contribution is -2.58. The van der Waals surface area contributed by atoms with Crippen LogP contribution in [0.3, 0.4) is 0 Å². The molecule has 0 bridgehead atoms. The number of aromatic nitrogens is 1. The van der Waals surface area contributed by atoms with Crippen molar-refractivity contribution in [3.63, 3.8) is 0 Å². The molecule has 2 saturated heterocycles. The molecule has 35 heavy (non-hydrogen) atoms. The Bertz CT molecular complexity index is 1250. The van der Waals surface area contributed by atoms with Crippen molar-refractivity contribution < 1.29 is 14.6 Å². The topological polar surface area (TPSA) is 80.8 Å². The van der Waals surface area contributed by atoms with Gasteiger partial charge in [-0.3, -0.25) is 4.90 Å². The average molecular weight is 495 g/mol. The van der Waals surface area contributed by atoms with Crippen molar-refractivity contribution in [2.75, 3.05) is 45.4 Å². The first-order valence-corrected chi connectivity index (χ1v) is 13.3. The molecule has 0 radical (unpaired) electrons. The second-order valence-electron chi connectivity index (χ2n) is 9.92. The van der Waals surface area contributed by atoms with Crippen molar-refractivity contribution in [2.45, 2.75) is 32.4 Å². The van der Waals surface area contributed by atoms with E-state index in [-0.39, 0.29) is 6.04 Å². The Morgan fingerprint density at radius 3 is 2.80 bits per heavy atom. The normalized spacial score (nSPS) is 20.2. The number of fused-ring (bicyclic) bond motifs is 1. The van der Waals surface area contributed by atoms with Gasteiger partial charge in [0, 0.05) is 66.5 Å². The summed E-state index contributed by atoms with van der Waals surface area (Å²) in [7, 11) is 3.62. The van der Waals surface area contributed by atoms with Crippen LogP contribution in [0.25, 0.3) is 10.9 Å². The Balaban J connectivity index is 1.54. The van der Waals surface area contributed by atoms with Gasteiger partial charge in [-0.05, 0) is 68.0 Å². The van der Waals surface area contributed by atoms with Gasteiger partial charge in [0.05, 0.1) is 12.7 Å². The zero-order valence-corrected chi connectivity index (χ0v) is 21.7. The maximum atomic E-state index is 11.6. The fourth-order valence-electron chi connectivity index (χ4n) is 5.97. The van der Waals surface area contributed by atoms with Crippen LogP contribution < -0.4 is 10.1 Å². The number of benzene rings is 2. The summed E-state index contributed by atoms with van der Waals surface area (Å²) in [6, 6.07) is 9.96. The second kappa shape index (κ2) is 9.41. The number of rotatable bonds is 7. The number of H-pyrrole nitrogens is 1. The molecule has 8 heteroatoms. The zero-order valence-electron chi connectivity index (χ0n) is 20.9. The van der Waals surface area contributed by atoms with E-state index in [0.717, 1.165) is 61.5 Å². The molecule has 2 aliphatic rings. The summed E-state index contributed by atoms with van der Waals surface area (Å²) in [6.45, 7) is 6.08. The summed E-state index contributed by atoms with van der Waals surface area (Å²) in [5, 5.41) is 14.0. The van der Waals surface area contributed by atoms with Crippen molar-refractivity contribution in [3.05, 3.63) is 58.8 Å². The minimum absolute atomic E-state index is 0.179. The van der Waals surface area contributed by atoms with Crippen LogP contribution in [0, 0.1) is 12.3 Å². The molecule has 1 spiro atoms. The van der Waals surface area contributed by atoms with E-state index in [2.05, 4.69) is 44.8 Å². The number of anilines is 1. The van der Waals surface area contributed by atoms with Crippen molar-refractivity contribution in [1.82, 2.24) is 14.2 Å². The molecule has 0 saturated carbocycles. The Kier molecular flexibility index (Phi) is 6.46. The highest BCUT2D eigenvalue weighted by molar-refractivity contribution is 7.96. The highest BCUT2D eigenvalue weighted by atomic mass is 32.2. The third-order valence-electron chi connectivity index (χ3n) is 7.90. The Morgan fingerprint density at radius 2 is 2.11 bits per heavy atom. The van der Waals surface area contributed by atoms with Gasteiger partial charge in [0.2, 0.25) is 0 Å². The Labute approximate surface area is 211 Å². The van der Waals surface area contributed by atoms with Crippen molar-refractivity contribution in [1.29, 1.82) is 0 Å². The van der Waals surface area contributed by atoms with Gasteiger partial charge in [0.1, 0.15) is 5.75 Å². The summed E-state index contributed by atoms with van der Waals surface area (Å²) >= 11 is 1.82. The number of carboxylic acids is 1. The third-order valence-corrected chi connectivity index (χ3v) is 8.67. The highest BCUT2D eigenvalue weighted by Gasteiger charge is 2.48. The fourth-order valence-corrected chi connectivity index (χ4v) is 6.78. The van der Waals surface area contributed by atoms with Crippen molar-refractivity contribution in [2.24, 2.45) is 5.41 Å². The highest BCUT2D eigenvalue weighted by Crippen LogP contribution is 2.51. The van der Waals surface area contributed by atoms with Crippen LogP contribution in [0.15, 0.2) is 36.5 Å². The van der Waals surface area contributed by atoms with E-state index in [4.69, 9.17) is 4.74 Å². The van der Waals surface area contributed by atoms with Crippen LogP contribution in [0.4, 0.5) is 5.69 Å². The van der Waals surface area contributed by atoms with Crippen LogP contribution in [0.2, 0.25) is 0 Å². The maximum absolute atomic E-state index is 11.6. The molecule has 5 rings (SSSR count). The van der Waals surface area contributed by atoms with Crippen molar-refractivity contribution in [3.8, 4) is 5.75 Å². The first-order chi connectivity index (χ1) is 16.9. The lowest BCUT2D eigenvalue weighted by Gasteiger charge is -2.56. The van der Waals surface area contributed by atoms with Crippen LogP contribution in [0.5, 0.6) is 5.75 Å². The van der Waals surface area contributed by atoms with Gasteiger partial charge in [-0.2, -0.15) is 0 Å².